The van der Waals surface area contributed by atoms with Crippen LogP contribution in [0.4, 0.5) is 21.0 Å². The first-order chi connectivity index (χ1) is 13.7. The highest BCUT2D eigenvalue weighted by molar-refractivity contribution is 7.78. The molecule has 2 aliphatic rings. The molecule has 2 atom stereocenters. The predicted molar refractivity (Wildman–Crippen MR) is 107 cm³/mol. The topological polar surface area (TPSA) is 84.0 Å². The number of ether oxygens (including phenoxy) is 2. The summed E-state index contributed by atoms with van der Waals surface area (Å²) in [6.45, 7) is 1.24. The van der Waals surface area contributed by atoms with Crippen molar-refractivity contribution in [3.8, 4) is 0 Å². The van der Waals surface area contributed by atoms with Crippen molar-refractivity contribution in [2.24, 2.45) is 0 Å². The van der Waals surface area contributed by atoms with Gasteiger partial charge in [0, 0.05) is 17.6 Å². The van der Waals surface area contributed by atoms with Crippen LogP contribution in [0.3, 0.4) is 0 Å². The lowest BCUT2D eigenvalue weighted by Crippen LogP contribution is -2.34. The van der Waals surface area contributed by atoms with Crippen molar-refractivity contribution < 1.29 is 19.1 Å². The average Bonchev–Trinajstić information content (AvgIpc) is 3.32. The van der Waals surface area contributed by atoms with Crippen molar-refractivity contribution in [3.05, 3.63) is 54.4 Å². The van der Waals surface area contributed by atoms with E-state index in [9.17, 15) is 9.59 Å². The summed E-state index contributed by atoms with van der Waals surface area (Å²) in [4.78, 5) is 31.6. The number of nitrogens with one attached hydrogen (secondary N) is 1. The van der Waals surface area contributed by atoms with E-state index in [0.29, 0.717) is 25.4 Å². The number of thiocarbonyl (C=S) groups is 1. The maximum absolute atomic E-state index is 12.5. The number of rotatable bonds is 6. The van der Waals surface area contributed by atoms with Crippen molar-refractivity contribution in [1.82, 2.24) is 10.3 Å². The van der Waals surface area contributed by atoms with Gasteiger partial charge in [0.25, 0.3) is 0 Å². The zero-order valence-electron chi connectivity index (χ0n) is 14.9. The summed E-state index contributed by atoms with van der Waals surface area (Å²) in [5.41, 5.74) is 3.56. The molecule has 1 aromatic heterocycles. The lowest BCUT2D eigenvalue weighted by atomic mass is 10.1. The van der Waals surface area contributed by atoms with Crippen molar-refractivity contribution >= 4 is 41.3 Å². The van der Waals surface area contributed by atoms with Gasteiger partial charge in [0.15, 0.2) is 0 Å². The van der Waals surface area contributed by atoms with Gasteiger partial charge in [0.2, 0.25) is 0 Å². The maximum atomic E-state index is 12.5. The highest BCUT2D eigenvalue weighted by Gasteiger charge is 2.38. The number of benzene rings is 1. The maximum Gasteiger partial charge on any atom is 0.414 e. The van der Waals surface area contributed by atoms with Gasteiger partial charge in [-0.05, 0) is 36.4 Å². The Kier molecular flexibility index (Phi) is 5.07. The minimum atomic E-state index is -0.449. The van der Waals surface area contributed by atoms with Gasteiger partial charge in [-0.2, -0.15) is 0 Å². The Morgan fingerprint density at radius 1 is 1.11 bits per heavy atom. The first-order valence-electron chi connectivity index (χ1n) is 8.80. The first-order valence-corrected chi connectivity index (χ1v) is 9.27. The Bertz CT molecular complexity index is 877. The van der Waals surface area contributed by atoms with Gasteiger partial charge in [-0.1, -0.05) is 18.3 Å². The Balaban J connectivity index is 1.51. The molecule has 1 unspecified atom stereocenters. The quantitative estimate of drug-likeness (QED) is 0.749. The second-order valence-corrected chi connectivity index (χ2v) is 6.57. The van der Waals surface area contributed by atoms with E-state index in [0.717, 1.165) is 11.4 Å². The number of pyridine rings is 1. The number of carbonyl (C=O) groups is 2. The molecule has 2 saturated heterocycles. The van der Waals surface area contributed by atoms with Gasteiger partial charge in [-0.15, -0.1) is 0 Å². The van der Waals surface area contributed by atoms with E-state index in [-0.39, 0.29) is 12.1 Å². The molecule has 0 saturated carbocycles. The zero-order chi connectivity index (χ0) is 19.5. The molecule has 2 aromatic rings. The molecule has 2 amide bonds. The first kappa shape index (κ1) is 18.2. The molecule has 144 valence electrons. The summed E-state index contributed by atoms with van der Waals surface area (Å²) >= 11 is 4.93. The lowest BCUT2D eigenvalue weighted by molar-refractivity contribution is 0.122. The second-order valence-electron chi connectivity index (χ2n) is 6.33. The molecule has 9 heteroatoms. The fourth-order valence-corrected chi connectivity index (χ4v) is 3.47. The van der Waals surface area contributed by atoms with E-state index in [1.165, 1.54) is 5.49 Å². The fourth-order valence-electron chi connectivity index (χ4n) is 3.33. The minimum Gasteiger partial charge on any atom is -0.447 e. The van der Waals surface area contributed by atoms with Crippen molar-refractivity contribution in [3.63, 3.8) is 0 Å². The highest BCUT2D eigenvalue weighted by atomic mass is 32.1. The van der Waals surface area contributed by atoms with Gasteiger partial charge >= 0.3 is 12.2 Å². The molecule has 8 nitrogen and oxygen atoms in total. The third-order valence-electron chi connectivity index (χ3n) is 4.69. The monoisotopic (exact) mass is 398 g/mol. The molecule has 1 N–H and O–H groups in total. The Hall–Kier alpha value is -3.20. The zero-order valence-corrected chi connectivity index (χ0v) is 15.7. The molecule has 28 heavy (non-hydrogen) atoms. The number of aromatic nitrogens is 1. The Morgan fingerprint density at radius 3 is 2.46 bits per heavy atom. The molecule has 0 spiro atoms. The molecule has 1 aromatic carbocycles. The summed E-state index contributed by atoms with van der Waals surface area (Å²) in [6, 6.07) is 12.4. The van der Waals surface area contributed by atoms with E-state index in [1.54, 1.807) is 40.3 Å². The normalized spacial score (nSPS) is 19.9. The smallest absolute Gasteiger partial charge is 0.414 e. The van der Waals surface area contributed by atoms with Gasteiger partial charge < -0.3 is 14.8 Å². The van der Waals surface area contributed by atoms with Gasteiger partial charge in [0.1, 0.15) is 18.8 Å². The summed E-state index contributed by atoms with van der Waals surface area (Å²) in [7, 11) is 0. The van der Waals surface area contributed by atoms with Crippen LogP contribution in [0, 0.1) is 0 Å². The Labute approximate surface area is 167 Å². The lowest BCUT2D eigenvalue weighted by Gasteiger charge is -2.21. The van der Waals surface area contributed by atoms with Crippen LogP contribution in [-0.4, -0.2) is 48.5 Å². The summed E-state index contributed by atoms with van der Waals surface area (Å²) in [5.74, 6) is 0. The molecule has 0 bridgehead atoms. The van der Waals surface area contributed by atoms with E-state index in [2.05, 4.69) is 10.3 Å². The van der Waals surface area contributed by atoms with E-state index in [1.807, 2.05) is 18.2 Å². The number of cyclic esters (lactones) is 2. The van der Waals surface area contributed by atoms with Gasteiger partial charge in [-0.25, -0.2) is 9.59 Å². The largest absolute Gasteiger partial charge is 0.447 e. The third kappa shape index (κ3) is 3.48. The summed E-state index contributed by atoms with van der Waals surface area (Å²) in [6.07, 6.45) is 0.433. The molecule has 0 aliphatic carbocycles. The van der Waals surface area contributed by atoms with Crippen LogP contribution in [-0.2, 0) is 9.47 Å². The number of nitrogens with zero attached hydrogens (tertiary/aromatic N) is 3. The van der Waals surface area contributed by atoms with Gasteiger partial charge in [-0.3, -0.25) is 14.8 Å². The van der Waals surface area contributed by atoms with Crippen LogP contribution in [0.25, 0.3) is 0 Å². The molecular formula is C19H18N4O4S. The van der Waals surface area contributed by atoms with Crippen LogP contribution in [0.5, 0.6) is 0 Å². The second kappa shape index (κ2) is 7.81. The summed E-state index contributed by atoms with van der Waals surface area (Å²) in [5, 5.41) is 3.05. The third-order valence-corrected chi connectivity index (χ3v) is 4.83. The summed E-state index contributed by atoms with van der Waals surface area (Å²) < 4.78 is 10.5. The SMILES string of the molecule is O=C1OCCN1c1ccc(N2C[C@@H](C(NC=S)c3ccccn3)OC2=O)cc1. The molecule has 0 radical (unpaired) electrons. The number of carbonyl (C=O) groups excluding carboxylic acids is 2. The number of amides is 2. The van der Waals surface area contributed by atoms with Crippen molar-refractivity contribution in [2.75, 3.05) is 29.5 Å². The molecule has 4 rings (SSSR count). The number of hydrogen-bond acceptors (Lipinski definition) is 6. The minimum absolute atomic E-state index is 0.341. The number of anilines is 2. The molecule has 3 heterocycles. The van der Waals surface area contributed by atoms with E-state index < -0.39 is 12.2 Å². The predicted octanol–water partition coefficient (Wildman–Crippen LogP) is 2.65. The molecule has 2 aliphatic heterocycles. The van der Waals surface area contributed by atoms with Crippen LogP contribution < -0.4 is 15.1 Å². The fraction of sp³-hybridized carbons (Fsp3) is 0.263. The molecular weight excluding hydrogens is 380 g/mol. The van der Waals surface area contributed by atoms with Crippen molar-refractivity contribution in [2.45, 2.75) is 12.1 Å². The van der Waals surface area contributed by atoms with E-state index >= 15 is 0 Å². The van der Waals surface area contributed by atoms with Gasteiger partial charge in [0.05, 0.1) is 24.3 Å². The van der Waals surface area contributed by atoms with Crippen LogP contribution >= 0.6 is 12.2 Å². The van der Waals surface area contributed by atoms with E-state index in [4.69, 9.17) is 21.7 Å². The Morgan fingerprint density at radius 2 is 1.86 bits per heavy atom. The average molecular weight is 398 g/mol. The van der Waals surface area contributed by atoms with Crippen LogP contribution in [0.2, 0.25) is 0 Å². The molecule has 2 fully saturated rings. The number of hydrogen-bond donors (Lipinski definition) is 1. The van der Waals surface area contributed by atoms with Crippen molar-refractivity contribution in [1.29, 1.82) is 0 Å². The van der Waals surface area contributed by atoms with Crippen LogP contribution in [0.15, 0.2) is 48.7 Å². The van der Waals surface area contributed by atoms with Crippen LogP contribution in [0.1, 0.15) is 11.7 Å². The highest BCUT2D eigenvalue weighted by Crippen LogP contribution is 2.29. The standard InChI is InChI=1S/C19H18N4O4S/c24-18-22(9-10-26-18)13-4-6-14(7-5-13)23-11-16(27-19(23)25)17(21-12-28)15-3-1-2-8-20-15/h1-8,12,16-17H,9-11H2,(H,21,28)/t16-,17?/m0/s1.